The van der Waals surface area contributed by atoms with E-state index in [9.17, 15) is 9.59 Å². The predicted octanol–water partition coefficient (Wildman–Crippen LogP) is 4.10. The SMILES string of the molecule is CC(C)(CCO)NC(=O)Nc1ccc2c(c1)CCC(=O)N2Cc1ccc(Cl)cc1. The maximum Gasteiger partial charge on any atom is 0.319 e. The van der Waals surface area contributed by atoms with Gasteiger partial charge in [-0.2, -0.15) is 0 Å². The van der Waals surface area contributed by atoms with E-state index in [2.05, 4.69) is 10.6 Å². The number of halogens is 1. The van der Waals surface area contributed by atoms with Crippen LogP contribution in [0.3, 0.4) is 0 Å². The van der Waals surface area contributed by atoms with Gasteiger partial charge in [0.25, 0.3) is 0 Å². The lowest BCUT2D eigenvalue weighted by atomic mass is 9.99. The van der Waals surface area contributed by atoms with E-state index >= 15 is 0 Å². The molecule has 1 aliphatic rings. The first kappa shape index (κ1) is 21.1. The Hall–Kier alpha value is -2.57. The molecule has 1 aliphatic heterocycles. The molecular formula is C22H26ClN3O3. The average molecular weight is 416 g/mol. The number of hydrogen-bond acceptors (Lipinski definition) is 3. The summed E-state index contributed by atoms with van der Waals surface area (Å²) in [6, 6.07) is 12.7. The summed E-state index contributed by atoms with van der Waals surface area (Å²) in [5.41, 5.74) is 3.05. The Bertz CT molecular complexity index is 897. The predicted molar refractivity (Wildman–Crippen MR) is 115 cm³/mol. The number of fused-ring (bicyclic) bond motifs is 1. The van der Waals surface area contributed by atoms with Crippen LogP contribution in [0.1, 0.15) is 37.8 Å². The van der Waals surface area contributed by atoms with Crippen LogP contribution in [0.2, 0.25) is 5.02 Å². The lowest BCUT2D eigenvalue weighted by Gasteiger charge is -2.30. The van der Waals surface area contributed by atoms with Crippen molar-refractivity contribution < 1.29 is 14.7 Å². The Labute approximate surface area is 175 Å². The maximum absolute atomic E-state index is 12.5. The van der Waals surface area contributed by atoms with Crippen LogP contribution in [0.5, 0.6) is 0 Å². The first-order valence-corrected chi connectivity index (χ1v) is 10.0. The Morgan fingerprint density at radius 3 is 2.59 bits per heavy atom. The van der Waals surface area contributed by atoms with E-state index in [4.69, 9.17) is 16.7 Å². The highest BCUT2D eigenvalue weighted by atomic mass is 35.5. The Morgan fingerprint density at radius 2 is 1.90 bits per heavy atom. The number of rotatable bonds is 6. The smallest absolute Gasteiger partial charge is 0.319 e. The van der Waals surface area contributed by atoms with Crippen LogP contribution in [-0.4, -0.2) is 29.2 Å². The second-order valence-corrected chi connectivity index (χ2v) is 8.32. The monoisotopic (exact) mass is 415 g/mol. The molecule has 0 radical (unpaired) electrons. The van der Waals surface area contributed by atoms with E-state index < -0.39 is 5.54 Å². The summed E-state index contributed by atoms with van der Waals surface area (Å²) in [4.78, 5) is 26.6. The molecule has 6 nitrogen and oxygen atoms in total. The second-order valence-electron chi connectivity index (χ2n) is 7.89. The molecule has 0 aliphatic carbocycles. The fraction of sp³-hybridized carbons (Fsp3) is 0.364. The van der Waals surface area contributed by atoms with Crippen molar-refractivity contribution in [1.29, 1.82) is 0 Å². The summed E-state index contributed by atoms with van der Waals surface area (Å²) < 4.78 is 0. The zero-order valence-electron chi connectivity index (χ0n) is 16.7. The van der Waals surface area contributed by atoms with Gasteiger partial charge >= 0.3 is 6.03 Å². The summed E-state index contributed by atoms with van der Waals surface area (Å²) in [7, 11) is 0. The van der Waals surface area contributed by atoms with E-state index in [1.165, 1.54) is 0 Å². The standard InChI is InChI=1S/C22H26ClN3O3/c1-22(2,11-12-27)25-21(29)24-18-8-9-19-16(13-18)5-10-20(28)26(19)14-15-3-6-17(23)7-4-15/h3-4,6-9,13,27H,5,10-12,14H2,1-2H3,(H2,24,25,29). The molecule has 0 saturated heterocycles. The third kappa shape index (κ3) is 5.49. The highest BCUT2D eigenvalue weighted by Crippen LogP contribution is 2.31. The number of urea groups is 1. The molecule has 3 amide bonds. The molecule has 7 heteroatoms. The van der Waals surface area contributed by atoms with Gasteiger partial charge in [0.05, 0.1) is 6.54 Å². The topological polar surface area (TPSA) is 81.7 Å². The first-order valence-electron chi connectivity index (χ1n) is 9.65. The lowest BCUT2D eigenvalue weighted by molar-refractivity contribution is -0.119. The van der Waals surface area contributed by atoms with Crippen LogP contribution in [0.25, 0.3) is 0 Å². The molecule has 0 bridgehead atoms. The highest BCUT2D eigenvalue weighted by Gasteiger charge is 2.25. The fourth-order valence-corrected chi connectivity index (χ4v) is 3.52. The van der Waals surface area contributed by atoms with Gasteiger partial charge in [0.15, 0.2) is 0 Å². The number of anilines is 2. The third-order valence-corrected chi connectivity index (χ3v) is 5.23. The number of aliphatic hydroxyl groups is 1. The molecule has 0 atom stereocenters. The van der Waals surface area contributed by atoms with Crippen LogP contribution in [0.15, 0.2) is 42.5 Å². The number of nitrogens with one attached hydrogen (secondary N) is 2. The molecule has 0 saturated carbocycles. The minimum atomic E-state index is -0.505. The Morgan fingerprint density at radius 1 is 1.17 bits per heavy atom. The number of amides is 3. The van der Waals surface area contributed by atoms with E-state index in [1.807, 2.05) is 50.2 Å². The normalized spacial score (nSPS) is 13.8. The van der Waals surface area contributed by atoms with Crippen molar-refractivity contribution in [2.24, 2.45) is 0 Å². The van der Waals surface area contributed by atoms with Gasteiger partial charge in [0, 0.05) is 35.0 Å². The average Bonchev–Trinajstić information content (AvgIpc) is 2.65. The highest BCUT2D eigenvalue weighted by molar-refractivity contribution is 6.30. The van der Waals surface area contributed by atoms with Crippen LogP contribution >= 0.6 is 11.6 Å². The van der Waals surface area contributed by atoms with Gasteiger partial charge in [0.2, 0.25) is 5.91 Å². The van der Waals surface area contributed by atoms with Gasteiger partial charge in [-0.3, -0.25) is 4.79 Å². The lowest BCUT2D eigenvalue weighted by Crippen LogP contribution is -2.46. The molecule has 29 heavy (non-hydrogen) atoms. The van der Waals surface area contributed by atoms with E-state index in [-0.39, 0.29) is 18.5 Å². The Balaban J connectivity index is 1.74. The molecule has 0 unspecified atom stereocenters. The van der Waals surface area contributed by atoms with Crippen molar-refractivity contribution in [2.45, 2.75) is 45.2 Å². The van der Waals surface area contributed by atoms with Gasteiger partial charge < -0.3 is 20.6 Å². The van der Waals surface area contributed by atoms with Crippen LogP contribution in [0.4, 0.5) is 16.2 Å². The van der Waals surface area contributed by atoms with E-state index in [0.29, 0.717) is 36.5 Å². The van der Waals surface area contributed by atoms with Crippen LogP contribution < -0.4 is 15.5 Å². The van der Waals surface area contributed by atoms with Gasteiger partial charge in [-0.25, -0.2) is 4.79 Å². The number of aliphatic hydroxyl groups excluding tert-OH is 1. The van der Waals surface area contributed by atoms with E-state index in [1.54, 1.807) is 11.0 Å². The third-order valence-electron chi connectivity index (χ3n) is 4.98. The molecule has 0 aromatic heterocycles. The van der Waals surface area contributed by atoms with Crippen LogP contribution in [0, 0.1) is 0 Å². The van der Waals surface area contributed by atoms with Gasteiger partial charge in [-0.1, -0.05) is 23.7 Å². The number of carbonyl (C=O) groups is 2. The van der Waals surface area contributed by atoms with Gasteiger partial charge in [0.1, 0.15) is 0 Å². The summed E-state index contributed by atoms with van der Waals surface area (Å²) in [5, 5.41) is 15.4. The fourth-order valence-electron chi connectivity index (χ4n) is 3.40. The molecule has 2 aromatic carbocycles. The van der Waals surface area contributed by atoms with Gasteiger partial charge in [-0.15, -0.1) is 0 Å². The maximum atomic E-state index is 12.5. The van der Waals surface area contributed by atoms with Crippen LogP contribution in [-0.2, 0) is 17.8 Å². The quantitative estimate of drug-likeness (QED) is 0.664. The first-order chi connectivity index (χ1) is 13.8. The minimum absolute atomic E-state index is 0.00358. The van der Waals surface area contributed by atoms with Crippen molar-refractivity contribution in [3.05, 3.63) is 58.6 Å². The minimum Gasteiger partial charge on any atom is -0.396 e. The number of carbonyl (C=O) groups excluding carboxylic acids is 2. The molecular weight excluding hydrogens is 390 g/mol. The van der Waals surface area contributed by atoms with Crippen molar-refractivity contribution in [3.63, 3.8) is 0 Å². The number of hydrogen-bond donors (Lipinski definition) is 3. The summed E-state index contributed by atoms with van der Waals surface area (Å²) in [5.74, 6) is 0.0802. The second kappa shape index (κ2) is 8.84. The largest absolute Gasteiger partial charge is 0.396 e. The summed E-state index contributed by atoms with van der Waals surface area (Å²) >= 11 is 5.95. The zero-order chi connectivity index (χ0) is 21.0. The summed E-state index contributed by atoms with van der Waals surface area (Å²) in [6.45, 7) is 4.20. The Kier molecular flexibility index (Phi) is 6.45. The molecule has 0 fully saturated rings. The van der Waals surface area contributed by atoms with Crippen molar-refractivity contribution in [1.82, 2.24) is 5.32 Å². The van der Waals surface area contributed by atoms with Crippen molar-refractivity contribution in [3.8, 4) is 0 Å². The molecule has 154 valence electrons. The number of nitrogens with zero attached hydrogens (tertiary/aromatic N) is 1. The molecule has 3 rings (SSSR count). The van der Waals surface area contributed by atoms with Crippen molar-refractivity contribution >= 4 is 34.9 Å². The molecule has 1 heterocycles. The summed E-state index contributed by atoms with van der Waals surface area (Å²) in [6.07, 6.45) is 1.53. The van der Waals surface area contributed by atoms with Crippen molar-refractivity contribution in [2.75, 3.05) is 16.8 Å². The zero-order valence-corrected chi connectivity index (χ0v) is 17.4. The van der Waals surface area contributed by atoms with Gasteiger partial charge in [-0.05, 0) is 68.1 Å². The molecule has 2 aromatic rings. The molecule has 3 N–H and O–H groups in total. The van der Waals surface area contributed by atoms with E-state index in [0.717, 1.165) is 16.8 Å². The number of benzene rings is 2. The number of aryl methyl sites for hydroxylation is 1. The molecule has 0 spiro atoms.